The van der Waals surface area contributed by atoms with Gasteiger partial charge in [0, 0.05) is 20.8 Å². The summed E-state index contributed by atoms with van der Waals surface area (Å²) >= 11 is 4.39. The summed E-state index contributed by atoms with van der Waals surface area (Å²) in [4.78, 5) is 0. The Hall–Kier alpha value is -0.680. The average molecular weight is 367 g/mol. The Balaban J connectivity index is 1.89. The van der Waals surface area contributed by atoms with E-state index in [1.807, 2.05) is 11.8 Å². The number of nitrogens with one attached hydrogen (secondary N) is 1. The van der Waals surface area contributed by atoms with Crippen molar-refractivity contribution < 1.29 is 0 Å². The molecule has 0 saturated carbocycles. The number of hydrogen-bond donors (Lipinski definition) is 1. The summed E-state index contributed by atoms with van der Waals surface area (Å²) in [6.07, 6.45) is 0. The van der Waals surface area contributed by atoms with Crippen molar-refractivity contribution in [2.45, 2.75) is 11.8 Å². The van der Waals surface area contributed by atoms with Crippen molar-refractivity contribution in [1.82, 2.24) is 0 Å². The van der Waals surface area contributed by atoms with Crippen molar-refractivity contribution in [3.8, 4) is 0 Å². The van der Waals surface area contributed by atoms with Crippen LogP contribution in [0.1, 0.15) is 17.2 Å². The molecular formula is C15H14INS. The van der Waals surface area contributed by atoms with E-state index in [1.165, 1.54) is 20.4 Å². The summed E-state index contributed by atoms with van der Waals surface area (Å²) in [5, 5.41) is 3.68. The second-order valence-corrected chi connectivity index (χ2v) is 6.58. The van der Waals surface area contributed by atoms with Crippen molar-refractivity contribution in [3.05, 3.63) is 63.2 Å². The largest absolute Gasteiger partial charge is 0.377 e. The molecule has 2 aromatic carbocycles. The van der Waals surface area contributed by atoms with Gasteiger partial charge in [0.25, 0.3) is 0 Å². The molecule has 1 unspecified atom stereocenters. The van der Waals surface area contributed by atoms with Gasteiger partial charge in [0.05, 0.1) is 6.04 Å². The van der Waals surface area contributed by atoms with Gasteiger partial charge in [0.2, 0.25) is 0 Å². The monoisotopic (exact) mass is 367 g/mol. The van der Waals surface area contributed by atoms with Gasteiger partial charge in [-0.3, -0.25) is 0 Å². The molecule has 3 rings (SSSR count). The molecule has 92 valence electrons. The molecule has 0 bridgehead atoms. The minimum Gasteiger partial charge on any atom is -0.377 e. The van der Waals surface area contributed by atoms with Crippen LogP contribution in [0.4, 0.5) is 5.69 Å². The van der Waals surface area contributed by atoms with Crippen molar-refractivity contribution in [1.29, 1.82) is 0 Å². The Bertz CT molecular complexity index is 556. The first-order valence-electron chi connectivity index (χ1n) is 6.01. The topological polar surface area (TPSA) is 12.0 Å². The van der Waals surface area contributed by atoms with Gasteiger partial charge in [-0.05, 0) is 45.9 Å². The van der Waals surface area contributed by atoms with E-state index in [9.17, 15) is 0 Å². The second kappa shape index (κ2) is 5.53. The average Bonchev–Trinajstić information content (AvgIpc) is 2.42. The molecule has 0 radical (unpaired) electrons. The van der Waals surface area contributed by atoms with Crippen LogP contribution < -0.4 is 5.32 Å². The fourth-order valence-corrected chi connectivity index (χ4v) is 3.91. The van der Waals surface area contributed by atoms with Gasteiger partial charge in [-0.2, -0.15) is 11.8 Å². The molecule has 0 amide bonds. The molecule has 0 saturated heterocycles. The van der Waals surface area contributed by atoms with Crippen molar-refractivity contribution in [2.24, 2.45) is 0 Å². The van der Waals surface area contributed by atoms with E-state index < -0.39 is 0 Å². The molecule has 1 nitrogen and oxygen atoms in total. The Morgan fingerprint density at radius 3 is 2.72 bits per heavy atom. The van der Waals surface area contributed by atoms with Crippen LogP contribution in [0, 0.1) is 3.57 Å². The Morgan fingerprint density at radius 2 is 1.83 bits per heavy atom. The molecule has 3 heteroatoms. The highest BCUT2D eigenvalue weighted by Crippen LogP contribution is 2.34. The van der Waals surface area contributed by atoms with E-state index in [0.717, 1.165) is 11.5 Å². The van der Waals surface area contributed by atoms with Crippen LogP contribution in [0.25, 0.3) is 0 Å². The fourth-order valence-electron chi connectivity index (χ4n) is 2.27. The SMILES string of the molecule is Ic1ccccc1NC1CSCc2ccccc21. The van der Waals surface area contributed by atoms with Crippen LogP contribution in [0.2, 0.25) is 0 Å². The highest BCUT2D eigenvalue weighted by Gasteiger charge is 2.20. The second-order valence-electron chi connectivity index (χ2n) is 4.39. The number of fused-ring (bicyclic) bond motifs is 1. The molecule has 0 aromatic heterocycles. The summed E-state index contributed by atoms with van der Waals surface area (Å²) in [5.74, 6) is 2.28. The molecule has 0 aliphatic carbocycles. The van der Waals surface area contributed by atoms with Gasteiger partial charge in [0.1, 0.15) is 0 Å². The molecule has 2 aromatic rings. The van der Waals surface area contributed by atoms with E-state index in [0.29, 0.717) is 6.04 Å². The lowest BCUT2D eigenvalue weighted by molar-refractivity contribution is 0.870. The van der Waals surface area contributed by atoms with Crippen LogP contribution in [-0.2, 0) is 5.75 Å². The quantitative estimate of drug-likeness (QED) is 0.773. The van der Waals surface area contributed by atoms with Crippen LogP contribution in [0.3, 0.4) is 0 Å². The highest BCUT2D eigenvalue weighted by atomic mass is 127. The lowest BCUT2D eigenvalue weighted by atomic mass is 10.0. The Morgan fingerprint density at radius 1 is 1.06 bits per heavy atom. The first-order valence-corrected chi connectivity index (χ1v) is 8.24. The maximum atomic E-state index is 3.68. The maximum absolute atomic E-state index is 3.68. The third kappa shape index (κ3) is 2.52. The number of hydrogen-bond acceptors (Lipinski definition) is 2. The lowest BCUT2D eigenvalue weighted by Gasteiger charge is -2.27. The minimum absolute atomic E-state index is 0.427. The number of thioether (sulfide) groups is 1. The standard InChI is InChI=1S/C15H14INS/c16-13-7-3-4-8-14(13)17-15-10-18-9-11-5-1-2-6-12(11)15/h1-8,15,17H,9-10H2. The molecule has 1 heterocycles. The molecule has 0 spiro atoms. The smallest absolute Gasteiger partial charge is 0.0607 e. The molecule has 1 N–H and O–H groups in total. The Kier molecular flexibility index (Phi) is 3.80. The zero-order valence-electron chi connectivity index (χ0n) is 9.90. The van der Waals surface area contributed by atoms with Crippen molar-refractivity contribution >= 4 is 40.0 Å². The third-order valence-corrected chi connectivity index (χ3v) is 5.20. The first-order chi connectivity index (χ1) is 8.84. The zero-order chi connectivity index (χ0) is 12.4. The summed E-state index contributed by atoms with van der Waals surface area (Å²) < 4.78 is 1.28. The van der Waals surface area contributed by atoms with Crippen molar-refractivity contribution in [2.75, 3.05) is 11.1 Å². The van der Waals surface area contributed by atoms with Crippen LogP contribution in [-0.4, -0.2) is 5.75 Å². The van der Waals surface area contributed by atoms with Gasteiger partial charge >= 0.3 is 0 Å². The zero-order valence-corrected chi connectivity index (χ0v) is 12.9. The summed E-state index contributed by atoms with van der Waals surface area (Å²) in [6.45, 7) is 0. The van der Waals surface area contributed by atoms with E-state index in [-0.39, 0.29) is 0 Å². The van der Waals surface area contributed by atoms with Crippen LogP contribution >= 0.6 is 34.4 Å². The molecule has 18 heavy (non-hydrogen) atoms. The number of anilines is 1. The van der Waals surface area contributed by atoms with E-state index in [2.05, 4.69) is 76.4 Å². The summed E-state index contributed by atoms with van der Waals surface area (Å²) in [7, 11) is 0. The Labute approximate surface area is 126 Å². The minimum atomic E-state index is 0.427. The first kappa shape index (κ1) is 12.4. The maximum Gasteiger partial charge on any atom is 0.0607 e. The fraction of sp³-hybridized carbons (Fsp3) is 0.200. The van der Waals surface area contributed by atoms with Gasteiger partial charge in [-0.25, -0.2) is 0 Å². The van der Waals surface area contributed by atoms with E-state index >= 15 is 0 Å². The predicted octanol–water partition coefficient (Wildman–Crippen LogP) is 4.69. The van der Waals surface area contributed by atoms with Crippen molar-refractivity contribution in [3.63, 3.8) is 0 Å². The lowest BCUT2D eigenvalue weighted by Crippen LogP contribution is -2.19. The predicted molar refractivity (Wildman–Crippen MR) is 88.1 cm³/mol. The molecule has 1 aliphatic heterocycles. The third-order valence-electron chi connectivity index (χ3n) is 3.18. The van der Waals surface area contributed by atoms with Crippen LogP contribution in [0.15, 0.2) is 48.5 Å². The van der Waals surface area contributed by atoms with E-state index in [1.54, 1.807) is 0 Å². The number of halogens is 1. The molecule has 1 atom stereocenters. The highest BCUT2D eigenvalue weighted by molar-refractivity contribution is 14.1. The number of benzene rings is 2. The van der Waals surface area contributed by atoms with Gasteiger partial charge < -0.3 is 5.32 Å². The van der Waals surface area contributed by atoms with Gasteiger partial charge in [0.15, 0.2) is 0 Å². The van der Waals surface area contributed by atoms with Gasteiger partial charge in [-0.1, -0.05) is 36.4 Å². The summed E-state index contributed by atoms with van der Waals surface area (Å²) in [5.41, 5.74) is 4.16. The number of rotatable bonds is 2. The summed E-state index contributed by atoms with van der Waals surface area (Å²) in [6, 6.07) is 17.7. The normalized spacial score (nSPS) is 18.2. The molecule has 1 aliphatic rings. The van der Waals surface area contributed by atoms with E-state index in [4.69, 9.17) is 0 Å². The van der Waals surface area contributed by atoms with Crippen LogP contribution in [0.5, 0.6) is 0 Å². The molecule has 0 fully saturated rings. The number of para-hydroxylation sites is 1. The molecular weight excluding hydrogens is 353 g/mol. The van der Waals surface area contributed by atoms with Gasteiger partial charge in [-0.15, -0.1) is 0 Å².